The summed E-state index contributed by atoms with van der Waals surface area (Å²) in [5, 5.41) is 0. The Kier molecular flexibility index (Phi) is 5.02. The smallest absolute Gasteiger partial charge is 0.236 e. The minimum Gasteiger partial charge on any atom is -0.344 e. The molecule has 1 aliphatic carbocycles. The van der Waals surface area contributed by atoms with Crippen molar-refractivity contribution in [3.8, 4) is 0 Å². The number of amides is 1. The Labute approximate surface area is 104 Å². The summed E-state index contributed by atoms with van der Waals surface area (Å²) < 4.78 is 0. The van der Waals surface area contributed by atoms with Crippen molar-refractivity contribution < 1.29 is 4.79 Å². The summed E-state index contributed by atoms with van der Waals surface area (Å²) in [6.07, 6.45) is 3.62. The van der Waals surface area contributed by atoms with Gasteiger partial charge in [0.05, 0.1) is 6.54 Å². The average molecular weight is 248 g/mol. The fraction of sp³-hybridized carbons (Fsp3) is 0.909. The highest BCUT2D eigenvalue weighted by molar-refractivity contribution is 5.85. The molecule has 2 aliphatic rings. The molecule has 1 aliphatic heterocycles. The van der Waals surface area contributed by atoms with Gasteiger partial charge in [-0.05, 0) is 25.2 Å². The molecule has 2 rings (SSSR count). The van der Waals surface area contributed by atoms with E-state index >= 15 is 0 Å². The second-order valence-corrected chi connectivity index (χ2v) is 5.00. The molecule has 1 atom stereocenters. The van der Waals surface area contributed by atoms with Gasteiger partial charge in [0, 0.05) is 32.7 Å². The molecule has 2 fully saturated rings. The van der Waals surface area contributed by atoms with Gasteiger partial charge in [-0.1, -0.05) is 0 Å². The summed E-state index contributed by atoms with van der Waals surface area (Å²) in [4.78, 5) is 15.9. The maximum atomic E-state index is 11.8. The molecule has 1 saturated heterocycles. The van der Waals surface area contributed by atoms with Crippen LogP contribution in [0.25, 0.3) is 0 Å². The monoisotopic (exact) mass is 247 g/mol. The first-order valence-corrected chi connectivity index (χ1v) is 5.87. The first kappa shape index (κ1) is 13.7. The molecule has 94 valence electrons. The number of rotatable bonds is 4. The van der Waals surface area contributed by atoms with Crippen molar-refractivity contribution in [1.29, 1.82) is 0 Å². The minimum absolute atomic E-state index is 0. The Morgan fingerprint density at radius 2 is 2.12 bits per heavy atom. The maximum absolute atomic E-state index is 11.8. The number of carbonyl (C=O) groups is 1. The van der Waals surface area contributed by atoms with E-state index in [4.69, 9.17) is 5.73 Å². The van der Waals surface area contributed by atoms with Crippen LogP contribution in [-0.4, -0.2) is 55.0 Å². The number of nitrogens with two attached hydrogens (primary N) is 1. The SMILES string of the molecule is CN(CC1CC1)C(=O)CN1CCC(N)C1.Cl. The van der Waals surface area contributed by atoms with E-state index in [1.54, 1.807) is 0 Å². The molecule has 4 nitrogen and oxygen atoms in total. The Morgan fingerprint density at radius 3 is 2.62 bits per heavy atom. The topological polar surface area (TPSA) is 49.6 Å². The van der Waals surface area contributed by atoms with Crippen LogP contribution in [0.2, 0.25) is 0 Å². The lowest BCUT2D eigenvalue weighted by atomic mass is 10.3. The van der Waals surface area contributed by atoms with Crippen molar-refractivity contribution in [2.24, 2.45) is 11.7 Å². The molecule has 1 amide bonds. The molecule has 0 bridgehead atoms. The Hall–Kier alpha value is -0.320. The van der Waals surface area contributed by atoms with Crippen molar-refractivity contribution in [1.82, 2.24) is 9.80 Å². The minimum atomic E-state index is 0. The molecule has 0 radical (unpaired) electrons. The zero-order valence-electron chi connectivity index (χ0n) is 9.89. The van der Waals surface area contributed by atoms with Crippen LogP contribution in [0, 0.1) is 5.92 Å². The summed E-state index contributed by atoms with van der Waals surface area (Å²) >= 11 is 0. The predicted molar refractivity (Wildman–Crippen MR) is 66.6 cm³/mol. The van der Waals surface area contributed by atoms with Crippen molar-refractivity contribution in [3.63, 3.8) is 0 Å². The Balaban J connectivity index is 0.00000128. The van der Waals surface area contributed by atoms with Crippen molar-refractivity contribution >= 4 is 18.3 Å². The molecule has 0 spiro atoms. The van der Waals surface area contributed by atoms with E-state index in [1.807, 2.05) is 11.9 Å². The summed E-state index contributed by atoms with van der Waals surface area (Å²) in [6, 6.07) is 0.270. The third-order valence-corrected chi connectivity index (χ3v) is 3.32. The van der Waals surface area contributed by atoms with Crippen LogP contribution in [-0.2, 0) is 4.79 Å². The highest BCUT2D eigenvalue weighted by Gasteiger charge is 2.26. The van der Waals surface area contributed by atoms with Crippen LogP contribution in [0.5, 0.6) is 0 Å². The van der Waals surface area contributed by atoms with Crippen molar-refractivity contribution in [2.45, 2.75) is 25.3 Å². The second-order valence-electron chi connectivity index (χ2n) is 5.00. The zero-order valence-corrected chi connectivity index (χ0v) is 10.7. The van der Waals surface area contributed by atoms with Gasteiger partial charge in [0.25, 0.3) is 0 Å². The summed E-state index contributed by atoms with van der Waals surface area (Å²) in [6.45, 7) is 3.35. The summed E-state index contributed by atoms with van der Waals surface area (Å²) in [7, 11) is 1.91. The molecule has 0 aromatic rings. The number of likely N-dealkylation sites (tertiary alicyclic amines) is 1. The van der Waals surface area contributed by atoms with E-state index in [0.29, 0.717) is 6.54 Å². The summed E-state index contributed by atoms with van der Waals surface area (Å²) in [5.41, 5.74) is 5.80. The van der Waals surface area contributed by atoms with Gasteiger partial charge in [0.2, 0.25) is 5.91 Å². The molecule has 16 heavy (non-hydrogen) atoms. The van der Waals surface area contributed by atoms with Crippen LogP contribution in [0.15, 0.2) is 0 Å². The van der Waals surface area contributed by atoms with E-state index in [1.165, 1.54) is 12.8 Å². The Morgan fingerprint density at radius 1 is 1.44 bits per heavy atom. The molecule has 1 heterocycles. The van der Waals surface area contributed by atoms with Gasteiger partial charge in [-0.2, -0.15) is 0 Å². The number of halogens is 1. The molecular formula is C11H22ClN3O. The molecular weight excluding hydrogens is 226 g/mol. The van der Waals surface area contributed by atoms with E-state index in [0.717, 1.165) is 32.0 Å². The molecule has 1 saturated carbocycles. The van der Waals surface area contributed by atoms with Crippen LogP contribution >= 0.6 is 12.4 Å². The van der Waals surface area contributed by atoms with Gasteiger partial charge in [-0.3, -0.25) is 9.69 Å². The van der Waals surface area contributed by atoms with Gasteiger partial charge in [0.1, 0.15) is 0 Å². The van der Waals surface area contributed by atoms with Crippen LogP contribution in [0.1, 0.15) is 19.3 Å². The zero-order chi connectivity index (χ0) is 10.8. The van der Waals surface area contributed by atoms with Crippen LogP contribution < -0.4 is 5.73 Å². The largest absolute Gasteiger partial charge is 0.344 e. The third-order valence-electron chi connectivity index (χ3n) is 3.32. The lowest BCUT2D eigenvalue weighted by Gasteiger charge is -2.21. The van der Waals surface area contributed by atoms with Gasteiger partial charge in [-0.15, -0.1) is 12.4 Å². The normalized spacial score (nSPS) is 25.2. The van der Waals surface area contributed by atoms with E-state index in [2.05, 4.69) is 4.90 Å². The van der Waals surface area contributed by atoms with E-state index in [9.17, 15) is 4.79 Å². The molecule has 2 N–H and O–H groups in total. The highest BCUT2D eigenvalue weighted by Crippen LogP contribution is 2.29. The average Bonchev–Trinajstić information content (AvgIpc) is 2.90. The fourth-order valence-electron chi connectivity index (χ4n) is 2.11. The molecule has 0 aromatic heterocycles. The van der Waals surface area contributed by atoms with E-state index < -0.39 is 0 Å². The van der Waals surface area contributed by atoms with Crippen molar-refractivity contribution in [3.05, 3.63) is 0 Å². The lowest BCUT2D eigenvalue weighted by Crippen LogP contribution is -2.39. The van der Waals surface area contributed by atoms with Crippen LogP contribution in [0.4, 0.5) is 0 Å². The third kappa shape index (κ3) is 3.92. The number of nitrogens with zero attached hydrogens (tertiary/aromatic N) is 2. The molecule has 5 heteroatoms. The van der Waals surface area contributed by atoms with Gasteiger partial charge < -0.3 is 10.6 Å². The van der Waals surface area contributed by atoms with Gasteiger partial charge in [-0.25, -0.2) is 0 Å². The number of carbonyl (C=O) groups excluding carboxylic acids is 1. The van der Waals surface area contributed by atoms with Crippen LogP contribution in [0.3, 0.4) is 0 Å². The number of hydrogen-bond donors (Lipinski definition) is 1. The standard InChI is InChI=1S/C11H21N3O.ClH/c1-13(6-9-2-3-9)11(15)8-14-5-4-10(12)7-14;/h9-10H,2-8,12H2,1H3;1H. The quantitative estimate of drug-likeness (QED) is 0.778. The molecule has 0 aromatic carbocycles. The first-order valence-electron chi connectivity index (χ1n) is 5.87. The lowest BCUT2D eigenvalue weighted by molar-refractivity contribution is -0.131. The number of likely N-dealkylation sites (N-methyl/N-ethyl adjacent to an activating group) is 1. The second kappa shape index (κ2) is 5.84. The van der Waals surface area contributed by atoms with E-state index in [-0.39, 0.29) is 24.4 Å². The predicted octanol–water partition coefficient (Wildman–Crippen LogP) is 0.310. The number of hydrogen-bond acceptors (Lipinski definition) is 3. The summed E-state index contributed by atoms with van der Waals surface area (Å²) in [5.74, 6) is 1.02. The maximum Gasteiger partial charge on any atom is 0.236 e. The highest BCUT2D eigenvalue weighted by atomic mass is 35.5. The van der Waals surface area contributed by atoms with Gasteiger partial charge in [0.15, 0.2) is 0 Å². The van der Waals surface area contributed by atoms with Crippen molar-refractivity contribution in [2.75, 3.05) is 33.2 Å². The molecule has 1 unspecified atom stereocenters. The Bertz CT molecular complexity index is 245. The first-order chi connectivity index (χ1) is 7.15. The fourth-order valence-corrected chi connectivity index (χ4v) is 2.11. The van der Waals surface area contributed by atoms with Gasteiger partial charge >= 0.3 is 0 Å².